The van der Waals surface area contributed by atoms with Crippen LogP contribution in [0, 0.1) is 0 Å². The fourth-order valence-electron chi connectivity index (χ4n) is 2.30. The van der Waals surface area contributed by atoms with Crippen LogP contribution in [0.2, 0.25) is 5.02 Å². The molecule has 2 N–H and O–H groups in total. The molecule has 5 nitrogen and oxygen atoms in total. The van der Waals surface area contributed by atoms with Crippen LogP contribution in [0.4, 0.5) is 5.69 Å². The van der Waals surface area contributed by atoms with Gasteiger partial charge in [0.1, 0.15) is 0 Å². The molecule has 114 valence electrons. The van der Waals surface area contributed by atoms with Crippen molar-refractivity contribution in [2.24, 2.45) is 0 Å². The Labute approximate surface area is 133 Å². The standard InChI is InChI=1S/C16H16ClN3O2/c17-14-5-6-18-9-13(14)16(21)20-12-3-1-11(2-4-12)15-10-19-7-8-22-15/h1-6,9,15,19H,7-8,10H2,(H,20,21)/t15-/m0/s1. The number of ether oxygens (including phenoxy) is 1. The number of nitrogens with zero attached hydrogens (tertiary/aromatic N) is 1. The molecule has 1 saturated heterocycles. The van der Waals surface area contributed by atoms with Crippen LogP contribution in [0.15, 0.2) is 42.7 Å². The Kier molecular flexibility index (Phi) is 4.68. The van der Waals surface area contributed by atoms with Crippen LogP contribution in [-0.2, 0) is 4.74 Å². The molecule has 1 amide bonds. The van der Waals surface area contributed by atoms with Gasteiger partial charge in [0, 0.05) is 31.2 Å². The lowest BCUT2D eigenvalue weighted by molar-refractivity contribution is 0.0277. The Morgan fingerprint density at radius 2 is 2.14 bits per heavy atom. The minimum Gasteiger partial charge on any atom is -0.371 e. The Balaban J connectivity index is 1.68. The van der Waals surface area contributed by atoms with Crippen LogP contribution in [0.5, 0.6) is 0 Å². The highest BCUT2D eigenvalue weighted by Crippen LogP contribution is 2.21. The van der Waals surface area contributed by atoms with Crippen molar-refractivity contribution >= 4 is 23.2 Å². The Bertz CT molecular complexity index is 655. The minimum atomic E-state index is -0.276. The number of aromatic nitrogens is 1. The van der Waals surface area contributed by atoms with Crippen LogP contribution < -0.4 is 10.6 Å². The van der Waals surface area contributed by atoms with Crippen LogP contribution in [0.1, 0.15) is 22.0 Å². The number of pyridine rings is 1. The molecule has 1 aliphatic heterocycles. The quantitative estimate of drug-likeness (QED) is 0.913. The molecule has 1 atom stereocenters. The lowest BCUT2D eigenvalue weighted by Crippen LogP contribution is -2.33. The van der Waals surface area contributed by atoms with Gasteiger partial charge in [-0.15, -0.1) is 0 Å². The predicted octanol–water partition coefficient (Wildman–Crippen LogP) is 2.65. The third kappa shape index (κ3) is 3.44. The molecule has 0 radical (unpaired) electrons. The fraction of sp³-hybridized carbons (Fsp3) is 0.250. The molecule has 0 aliphatic carbocycles. The van der Waals surface area contributed by atoms with Crippen molar-refractivity contribution in [3.05, 3.63) is 58.9 Å². The number of nitrogens with one attached hydrogen (secondary N) is 2. The average molecular weight is 318 g/mol. The summed E-state index contributed by atoms with van der Waals surface area (Å²) in [6, 6.07) is 9.22. The fourth-order valence-corrected chi connectivity index (χ4v) is 2.49. The molecule has 0 spiro atoms. The first-order chi connectivity index (χ1) is 10.7. The number of hydrogen-bond donors (Lipinski definition) is 2. The van der Waals surface area contributed by atoms with E-state index in [0.29, 0.717) is 22.9 Å². The summed E-state index contributed by atoms with van der Waals surface area (Å²) >= 11 is 5.99. The van der Waals surface area contributed by atoms with Gasteiger partial charge < -0.3 is 15.4 Å². The molecule has 1 aliphatic rings. The van der Waals surface area contributed by atoms with Crippen LogP contribution in [0.25, 0.3) is 0 Å². The van der Waals surface area contributed by atoms with E-state index in [2.05, 4.69) is 15.6 Å². The van der Waals surface area contributed by atoms with Gasteiger partial charge in [-0.2, -0.15) is 0 Å². The molecule has 0 saturated carbocycles. The van der Waals surface area contributed by atoms with E-state index in [9.17, 15) is 4.79 Å². The summed E-state index contributed by atoms with van der Waals surface area (Å²) < 4.78 is 5.69. The summed E-state index contributed by atoms with van der Waals surface area (Å²) in [6.45, 7) is 2.40. The monoisotopic (exact) mass is 317 g/mol. The van der Waals surface area contributed by atoms with E-state index in [1.807, 2.05) is 24.3 Å². The van der Waals surface area contributed by atoms with Gasteiger partial charge in [-0.25, -0.2) is 0 Å². The zero-order chi connectivity index (χ0) is 15.4. The maximum atomic E-state index is 12.2. The summed E-state index contributed by atoms with van der Waals surface area (Å²) in [5.41, 5.74) is 2.15. The topological polar surface area (TPSA) is 63.2 Å². The number of morpholine rings is 1. The van der Waals surface area contributed by atoms with E-state index < -0.39 is 0 Å². The van der Waals surface area contributed by atoms with E-state index in [1.54, 1.807) is 12.3 Å². The van der Waals surface area contributed by atoms with Crippen molar-refractivity contribution in [3.8, 4) is 0 Å². The minimum absolute atomic E-state index is 0.0614. The Morgan fingerprint density at radius 1 is 1.32 bits per heavy atom. The van der Waals surface area contributed by atoms with Crippen molar-refractivity contribution in [3.63, 3.8) is 0 Å². The lowest BCUT2D eigenvalue weighted by Gasteiger charge is -2.24. The van der Waals surface area contributed by atoms with E-state index >= 15 is 0 Å². The molecule has 0 unspecified atom stereocenters. The van der Waals surface area contributed by atoms with Crippen molar-refractivity contribution < 1.29 is 9.53 Å². The first-order valence-corrected chi connectivity index (χ1v) is 7.45. The molecule has 2 aromatic rings. The second-order valence-electron chi connectivity index (χ2n) is 5.00. The molecular formula is C16H16ClN3O2. The number of rotatable bonds is 3. The average Bonchev–Trinajstić information content (AvgIpc) is 2.57. The van der Waals surface area contributed by atoms with Crippen LogP contribution in [-0.4, -0.2) is 30.6 Å². The van der Waals surface area contributed by atoms with E-state index in [1.165, 1.54) is 6.20 Å². The Morgan fingerprint density at radius 3 is 2.82 bits per heavy atom. The smallest absolute Gasteiger partial charge is 0.258 e. The number of anilines is 1. The number of benzene rings is 1. The maximum Gasteiger partial charge on any atom is 0.258 e. The molecular weight excluding hydrogens is 302 g/mol. The highest BCUT2D eigenvalue weighted by Gasteiger charge is 2.16. The summed E-state index contributed by atoms with van der Waals surface area (Å²) in [4.78, 5) is 16.1. The normalized spacial score (nSPS) is 18.0. The van der Waals surface area contributed by atoms with Gasteiger partial charge in [0.05, 0.1) is 23.3 Å². The predicted molar refractivity (Wildman–Crippen MR) is 85.2 cm³/mol. The van der Waals surface area contributed by atoms with E-state index in [0.717, 1.165) is 18.7 Å². The van der Waals surface area contributed by atoms with Gasteiger partial charge in [0.25, 0.3) is 5.91 Å². The van der Waals surface area contributed by atoms with Gasteiger partial charge in [-0.1, -0.05) is 23.7 Å². The molecule has 1 aromatic heterocycles. The maximum absolute atomic E-state index is 12.2. The number of carbonyl (C=O) groups excluding carboxylic acids is 1. The Hall–Kier alpha value is -1.95. The third-order valence-corrected chi connectivity index (χ3v) is 3.81. The summed E-state index contributed by atoms with van der Waals surface area (Å²) in [6.07, 6.45) is 3.06. The van der Waals surface area contributed by atoms with Crippen molar-refractivity contribution in [2.45, 2.75) is 6.10 Å². The van der Waals surface area contributed by atoms with Gasteiger partial charge in [0.15, 0.2) is 0 Å². The highest BCUT2D eigenvalue weighted by molar-refractivity contribution is 6.34. The zero-order valence-electron chi connectivity index (χ0n) is 11.9. The van der Waals surface area contributed by atoms with Gasteiger partial charge in [0.2, 0.25) is 0 Å². The van der Waals surface area contributed by atoms with E-state index in [-0.39, 0.29) is 12.0 Å². The number of halogens is 1. The van der Waals surface area contributed by atoms with Crippen molar-refractivity contribution in [1.29, 1.82) is 0 Å². The van der Waals surface area contributed by atoms with Crippen molar-refractivity contribution in [2.75, 3.05) is 25.0 Å². The summed E-state index contributed by atoms with van der Waals surface area (Å²) in [5, 5.41) is 6.48. The SMILES string of the molecule is O=C(Nc1ccc([C@@H]2CNCCO2)cc1)c1cnccc1Cl. The van der Waals surface area contributed by atoms with Crippen molar-refractivity contribution in [1.82, 2.24) is 10.3 Å². The molecule has 0 bridgehead atoms. The molecule has 2 heterocycles. The molecule has 1 aromatic carbocycles. The first kappa shape index (κ1) is 15.0. The second kappa shape index (κ2) is 6.87. The number of carbonyl (C=O) groups is 1. The summed E-state index contributed by atoms with van der Waals surface area (Å²) in [7, 11) is 0. The highest BCUT2D eigenvalue weighted by atomic mass is 35.5. The van der Waals surface area contributed by atoms with Gasteiger partial charge in [-0.3, -0.25) is 9.78 Å². The zero-order valence-corrected chi connectivity index (χ0v) is 12.6. The van der Waals surface area contributed by atoms with Gasteiger partial charge >= 0.3 is 0 Å². The summed E-state index contributed by atoms with van der Waals surface area (Å²) in [5.74, 6) is -0.276. The van der Waals surface area contributed by atoms with Crippen LogP contribution in [0.3, 0.4) is 0 Å². The van der Waals surface area contributed by atoms with Crippen LogP contribution >= 0.6 is 11.6 Å². The number of amides is 1. The van der Waals surface area contributed by atoms with E-state index in [4.69, 9.17) is 16.3 Å². The molecule has 6 heteroatoms. The number of hydrogen-bond acceptors (Lipinski definition) is 4. The molecule has 1 fully saturated rings. The second-order valence-corrected chi connectivity index (χ2v) is 5.40. The largest absolute Gasteiger partial charge is 0.371 e. The first-order valence-electron chi connectivity index (χ1n) is 7.07. The lowest BCUT2D eigenvalue weighted by atomic mass is 10.1. The molecule has 22 heavy (non-hydrogen) atoms. The molecule has 3 rings (SSSR count). The van der Waals surface area contributed by atoms with Gasteiger partial charge in [-0.05, 0) is 23.8 Å². The third-order valence-electron chi connectivity index (χ3n) is 3.48.